The second-order valence-corrected chi connectivity index (χ2v) is 8.70. The topological polar surface area (TPSA) is 114 Å². The molecule has 1 fully saturated rings. The summed E-state index contributed by atoms with van der Waals surface area (Å²) in [5.74, 6) is -1.20. The Morgan fingerprint density at radius 3 is 2.20 bits per heavy atom. The molecule has 0 saturated heterocycles. The smallest absolute Gasteiger partial charge is 0.408 e. The fourth-order valence-electron chi connectivity index (χ4n) is 4.42. The highest BCUT2D eigenvalue weighted by Crippen LogP contribution is 2.44. The van der Waals surface area contributed by atoms with Crippen LogP contribution in [0.2, 0.25) is 0 Å². The summed E-state index contributed by atoms with van der Waals surface area (Å²) >= 11 is 0. The molecule has 2 amide bonds. The number of benzene rings is 3. The summed E-state index contributed by atoms with van der Waals surface area (Å²) in [7, 11) is 0. The Kier molecular flexibility index (Phi) is 5.86. The molecule has 35 heavy (non-hydrogen) atoms. The molecule has 1 saturated carbocycles. The summed E-state index contributed by atoms with van der Waals surface area (Å²) in [6, 6.07) is 22.6. The van der Waals surface area contributed by atoms with Crippen molar-refractivity contribution in [3.05, 3.63) is 83.9 Å². The number of anilines is 1. The van der Waals surface area contributed by atoms with Crippen molar-refractivity contribution in [2.75, 3.05) is 18.5 Å². The van der Waals surface area contributed by atoms with Crippen molar-refractivity contribution in [1.29, 1.82) is 0 Å². The zero-order chi connectivity index (χ0) is 24.4. The van der Waals surface area contributed by atoms with E-state index in [2.05, 4.69) is 22.8 Å². The van der Waals surface area contributed by atoms with E-state index in [-0.39, 0.29) is 18.4 Å². The maximum Gasteiger partial charge on any atom is 0.408 e. The predicted octanol–water partition coefficient (Wildman–Crippen LogP) is 4.16. The van der Waals surface area contributed by atoms with Crippen LogP contribution >= 0.6 is 0 Å². The molecule has 8 heteroatoms. The number of hydrogen-bond donors (Lipinski definition) is 3. The van der Waals surface area contributed by atoms with Gasteiger partial charge in [-0.15, -0.1) is 0 Å². The SMILES string of the molecule is O=C(O)COc1cccc(NC(=O)C2(NC(=O)OCC3c4ccccc4-c4ccccc43)CC2)c1. The summed E-state index contributed by atoms with van der Waals surface area (Å²) in [6.45, 7) is -0.314. The first-order valence-corrected chi connectivity index (χ1v) is 11.3. The lowest BCUT2D eigenvalue weighted by Gasteiger charge is -2.19. The molecule has 3 N–H and O–H groups in total. The fourth-order valence-corrected chi connectivity index (χ4v) is 4.42. The molecule has 2 aliphatic rings. The second kappa shape index (κ2) is 9.13. The molecular weight excluding hydrogens is 448 g/mol. The van der Waals surface area contributed by atoms with Gasteiger partial charge in [-0.1, -0.05) is 54.6 Å². The Hall–Kier alpha value is -4.33. The number of carboxylic acids is 1. The molecule has 0 heterocycles. The van der Waals surface area contributed by atoms with Gasteiger partial charge in [0, 0.05) is 17.7 Å². The maximum atomic E-state index is 12.9. The number of ether oxygens (including phenoxy) is 2. The molecule has 0 aromatic heterocycles. The lowest BCUT2D eigenvalue weighted by molar-refractivity contribution is -0.139. The minimum atomic E-state index is -1.09. The van der Waals surface area contributed by atoms with Crippen LogP contribution in [-0.2, 0) is 14.3 Å². The molecule has 3 aromatic rings. The van der Waals surface area contributed by atoms with Gasteiger partial charge in [0.25, 0.3) is 0 Å². The van der Waals surface area contributed by atoms with Crippen LogP contribution in [0.4, 0.5) is 10.5 Å². The number of fused-ring (bicyclic) bond motifs is 3. The zero-order valence-electron chi connectivity index (χ0n) is 18.8. The fraction of sp³-hybridized carbons (Fsp3) is 0.222. The van der Waals surface area contributed by atoms with E-state index in [9.17, 15) is 14.4 Å². The molecule has 0 atom stereocenters. The van der Waals surface area contributed by atoms with E-state index >= 15 is 0 Å². The Balaban J connectivity index is 1.20. The largest absolute Gasteiger partial charge is 0.482 e. The zero-order valence-corrected chi connectivity index (χ0v) is 18.8. The standard InChI is InChI=1S/C27H24N2O6/c30-24(31)16-34-18-7-5-6-17(14-18)28-25(32)27(12-13-27)29-26(33)35-15-23-21-10-3-1-8-19(21)20-9-2-4-11-22(20)23/h1-11,14,23H,12-13,15-16H2,(H,28,32)(H,29,33)(H,30,31). The predicted molar refractivity (Wildman–Crippen MR) is 128 cm³/mol. The van der Waals surface area contributed by atoms with Crippen molar-refractivity contribution in [1.82, 2.24) is 5.32 Å². The Bertz CT molecular complexity index is 1250. The first kappa shape index (κ1) is 22.5. The molecular formula is C27H24N2O6. The molecule has 0 unspecified atom stereocenters. The number of carbonyl (C=O) groups is 3. The summed E-state index contributed by atoms with van der Waals surface area (Å²) < 4.78 is 10.7. The van der Waals surface area contributed by atoms with E-state index in [1.54, 1.807) is 18.2 Å². The third-order valence-corrected chi connectivity index (χ3v) is 6.32. The number of carbonyl (C=O) groups excluding carboxylic acids is 2. The van der Waals surface area contributed by atoms with E-state index in [4.69, 9.17) is 14.6 Å². The van der Waals surface area contributed by atoms with Crippen molar-refractivity contribution >= 4 is 23.7 Å². The maximum absolute atomic E-state index is 12.9. The minimum Gasteiger partial charge on any atom is -0.482 e. The van der Waals surface area contributed by atoms with Gasteiger partial charge >= 0.3 is 12.1 Å². The van der Waals surface area contributed by atoms with Crippen LogP contribution in [0, 0.1) is 0 Å². The highest BCUT2D eigenvalue weighted by Gasteiger charge is 2.51. The van der Waals surface area contributed by atoms with Crippen molar-refractivity contribution in [3.63, 3.8) is 0 Å². The molecule has 0 bridgehead atoms. The highest BCUT2D eigenvalue weighted by atomic mass is 16.5. The summed E-state index contributed by atoms with van der Waals surface area (Å²) in [4.78, 5) is 36.2. The van der Waals surface area contributed by atoms with Crippen molar-refractivity contribution in [2.24, 2.45) is 0 Å². The van der Waals surface area contributed by atoms with Crippen LogP contribution in [-0.4, -0.2) is 41.8 Å². The average molecular weight is 472 g/mol. The van der Waals surface area contributed by atoms with Gasteiger partial charge in [0.1, 0.15) is 17.9 Å². The number of carboxylic acid groups (broad SMARTS) is 1. The summed E-state index contributed by atoms with van der Waals surface area (Å²) in [5, 5.41) is 14.2. The normalized spacial score (nSPS) is 14.9. The minimum absolute atomic E-state index is 0.0642. The monoisotopic (exact) mass is 472 g/mol. The van der Waals surface area contributed by atoms with E-state index < -0.39 is 24.2 Å². The number of aliphatic carboxylic acids is 1. The van der Waals surface area contributed by atoms with E-state index in [0.29, 0.717) is 24.3 Å². The first-order chi connectivity index (χ1) is 16.9. The lowest BCUT2D eigenvalue weighted by atomic mass is 9.98. The van der Waals surface area contributed by atoms with Gasteiger partial charge in [-0.25, -0.2) is 9.59 Å². The molecule has 0 radical (unpaired) electrons. The van der Waals surface area contributed by atoms with E-state index in [1.807, 2.05) is 36.4 Å². The van der Waals surface area contributed by atoms with Crippen LogP contribution in [0.1, 0.15) is 29.9 Å². The van der Waals surface area contributed by atoms with Crippen molar-refractivity contribution < 1.29 is 29.0 Å². The van der Waals surface area contributed by atoms with Crippen LogP contribution in [0.25, 0.3) is 11.1 Å². The number of hydrogen-bond acceptors (Lipinski definition) is 5. The number of rotatable bonds is 8. The van der Waals surface area contributed by atoms with Gasteiger partial charge in [-0.3, -0.25) is 4.79 Å². The lowest BCUT2D eigenvalue weighted by Crippen LogP contribution is -2.46. The highest BCUT2D eigenvalue weighted by molar-refractivity contribution is 6.02. The molecule has 3 aromatic carbocycles. The van der Waals surface area contributed by atoms with Crippen LogP contribution in [0.15, 0.2) is 72.8 Å². The Labute approximate surface area is 201 Å². The van der Waals surface area contributed by atoms with Crippen LogP contribution in [0.5, 0.6) is 5.75 Å². The van der Waals surface area contributed by atoms with Gasteiger partial charge in [0.2, 0.25) is 5.91 Å². The Morgan fingerprint density at radius 1 is 0.914 bits per heavy atom. The van der Waals surface area contributed by atoms with E-state index in [0.717, 1.165) is 22.3 Å². The van der Waals surface area contributed by atoms with Gasteiger partial charge < -0.3 is 25.2 Å². The first-order valence-electron chi connectivity index (χ1n) is 11.3. The van der Waals surface area contributed by atoms with Crippen LogP contribution in [0.3, 0.4) is 0 Å². The third kappa shape index (κ3) is 4.68. The molecule has 0 spiro atoms. The summed E-state index contributed by atoms with van der Waals surface area (Å²) in [6.07, 6.45) is 0.356. The number of alkyl carbamates (subject to hydrolysis) is 1. The third-order valence-electron chi connectivity index (χ3n) is 6.32. The van der Waals surface area contributed by atoms with Gasteiger partial charge in [-0.05, 0) is 47.2 Å². The number of amides is 2. The second-order valence-electron chi connectivity index (χ2n) is 8.70. The van der Waals surface area contributed by atoms with Crippen LogP contribution < -0.4 is 15.4 Å². The molecule has 8 nitrogen and oxygen atoms in total. The van der Waals surface area contributed by atoms with Crippen molar-refractivity contribution in [3.8, 4) is 16.9 Å². The van der Waals surface area contributed by atoms with Gasteiger partial charge in [-0.2, -0.15) is 0 Å². The summed E-state index contributed by atoms with van der Waals surface area (Å²) in [5.41, 5.74) is 3.93. The van der Waals surface area contributed by atoms with Gasteiger partial charge in [0.15, 0.2) is 6.61 Å². The average Bonchev–Trinajstić information content (AvgIpc) is 3.57. The quantitative estimate of drug-likeness (QED) is 0.454. The van der Waals surface area contributed by atoms with E-state index in [1.165, 1.54) is 6.07 Å². The van der Waals surface area contributed by atoms with Crippen molar-refractivity contribution in [2.45, 2.75) is 24.3 Å². The molecule has 178 valence electrons. The molecule has 5 rings (SSSR count). The number of nitrogens with one attached hydrogen (secondary N) is 2. The Morgan fingerprint density at radius 2 is 1.57 bits per heavy atom. The molecule has 2 aliphatic carbocycles. The molecule has 0 aliphatic heterocycles. The van der Waals surface area contributed by atoms with Gasteiger partial charge in [0.05, 0.1) is 0 Å².